The molecule has 0 unspecified atom stereocenters. The van der Waals surface area contributed by atoms with Crippen molar-refractivity contribution in [2.45, 2.75) is 19.8 Å². The zero-order valence-electron chi connectivity index (χ0n) is 14.5. The molecule has 0 radical (unpaired) electrons. The maximum atomic E-state index is 11.4. The fourth-order valence-corrected chi connectivity index (χ4v) is 3.15. The van der Waals surface area contributed by atoms with Crippen LogP contribution in [0.4, 0.5) is 23.1 Å². The van der Waals surface area contributed by atoms with E-state index in [1.807, 2.05) is 18.2 Å². The Kier molecular flexibility index (Phi) is 4.31. The predicted octanol–water partition coefficient (Wildman–Crippen LogP) is 3.90. The Morgan fingerprint density at radius 1 is 1.12 bits per heavy atom. The van der Waals surface area contributed by atoms with Crippen LogP contribution in [0.15, 0.2) is 54.7 Å². The first-order chi connectivity index (χ1) is 12.7. The van der Waals surface area contributed by atoms with Crippen molar-refractivity contribution in [3.05, 3.63) is 65.9 Å². The molecule has 2 heterocycles. The van der Waals surface area contributed by atoms with E-state index in [4.69, 9.17) is 0 Å². The van der Waals surface area contributed by atoms with Gasteiger partial charge in [-0.25, -0.2) is 0 Å². The number of nitrogens with one attached hydrogen (secondary N) is 1. The first kappa shape index (κ1) is 16.2. The molecule has 130 valence electrons. The molecular formula is C20H19N5O. The number of ketones is 1. The van der Waals surface area contributed by atoms with Crippen molar-refractivity contribution in [3.8, 4) is 0 Å². The standard InChI is InChI=1S/C20H19N5O/c1-14(26)15-8-10-17(11-9-15)22-19-13-21-24-20(23-19)25-12-4-6-16-5-2-3-7-18(16)25/h2-3,5,7-11,13H,4,6,12H2,1H3,(H,22,23,24). The lowest BCUT2D eigenvalue weighted by Crippen LogP contribution is -2.26. The Morgan fingerprint density at radius 2 is 1.92 bits per heavy atom. The van der Waals surface area contributed by atoms with Crippen LogP contribution in [0.5, 0.6) is 0 Å². The number of aromatic nitrogens is 3. The van der Waals surface area contributed by atoms with Crippen LogP contribution in [0.25, 0.3) is 0 Å². The van der Waals surface area contributed by atoms with E-state index in [1.165, 1.54) is 5.56 Å². The Bertz CT molecular complexity index is 939. The Balaban J connectivity index is 1.59. The molecule has 4 rings (SSSR count). The van der Waals surface area contributed by atoms with Gasteiger partial charge in [-0.2, -0.15) is 10.1 Å². The van der Waals surface area contributed by atoms with Crippen LogP contribution in [-0.4, -0.2) is 27.5 Å². The molecule has 1 aliphatic rings. The quantitative estimate of drug-likeness (QED) is 0.723. The number of nitrogens with zero attached hydrogens (tertiary/aromatic N) is 4. The summed E-state index contributed by atoms with van der Waals surface area (Å²) in [7, 11) is 0. The molecule has 1 aromatic heterocycles. The van der Waals surface area contributed by atoms with Crippen LogP contribution in [0, 0.1) is 0 Å². The number of fused-ring (bicyclic) bond motifs is 1. The van der Waals surface area contributed by atoms with E-state index in [2.05, 4.69) is 43.6 Å². The van der Waals surface area contributed by atoms with Crippen molar-refractivity contribution in [2.24, 2.45) is 0 Å². The maximum Gasteiger partial charge on any atom is 0.251 e. The van der Waals surface area contributed by atoms with Crippen LogP contribution in [0.3, 0.4) is 0 Å². The lowest BCUT2D eigenvalue weighted by Gasteiger charge is -2.29. The molecule has 0 amide bonds. The highest BCUT2D eigenvalue weighted by molar-refractivity contribution is 5.94. The van der Waals surface area contributed by atoms with Gasteiger partial charge in [0.25, 0.3) is 5.95 Å². The molecule has 0 bridgehead atoms. The van der Waals surface area contributed by atoms with E-state index in [-0.39, 0.29) is 5.78 Å². The van der Waals surface area contributed by atoms with Crippen LogP contribution < -0.4 is 10.2 Å². The molecule has 0 aliphatic carbocycles. The number of hydrogen-bond donors (Lipinski definition) is 1. The summed E-state index contributed by atoms with van der Waals surface area (Å²) in [6.45, 7) is 2.43. The second kappa shape index (κ2) is 6.92. The Labute approximate surface area is 151 Å². The molecule has 0 saturated heterocycles. The molecule has 3 aromatic rings. The zero-order valence-corrected chi connectivity index (χ0v) is 14.5. The highest BCUT2D eigenvalue weighted by Crippen LogP contribution is 2.31. The van der Waals surface area contributed by atoms with E-state index >= 15 is 0 Å². The number of rotatable bonds is 4. The SMILES string of the molecule is CC(=O)c1ccc(Nc2cnnc(N3CCCc4ccccc43)n2)cc1. The maximum absolute atomic E-state index is 11.4. The third kappa shape index (κ3) is 3.26. The monoisotopic (exact) mass is 345 g/mol. The third-order valence-corrected chi connectivity index (χ3v) is 4.46. The van der Waals surface area contributed by atoms with Crippen LogP contribution in [0.2, 0.25) is 0 Å². The van der Waals surface area contributed by atoms with Crippen molar-refractivity contribution in [1.29, 1.82) is 0 Å². The summed E-state index contributed by atoms with van der Waals surface area (Å²) >= 11 is 0. The van der Waals surface area contributed by atoms with Gasteiger partial charge in [-0.05, 0) is 55.7 Å². The number of benzene rings is 2. The van der Waals surface area contributed by atoms with Gasteiger partial charge in [-0.15, -0.1) is 5.10 Å². The van der Waals surface area contributed by atoms with Crippen molar-refractivity contribution in [1.82, 2.24) is 15.2 Å². The Hall–Kier alpha value is -3.28. The highest BCUT2D eigenvalue weighted by atomic mass is 16.1. The number of para-hydroxylation sites is 1. The molecule has 0 fully saturated rings. The lowest BCUT2D eigenvalue weighted by atomic mass is 10.0. The largest absolute Gasteiger partial charge is 0.339 e. The smallest absolute Gasteiger partial charge is 0.251 e. The van der Waals surface area contributed by atoms with Gasteiger partial charge < -0.3 is 10.2 Å². The minimum Gasteiger partial charge on any atom is -0.339 e. The molecule has 1 N–H and O–H groups in total. The number of anilines is 4. The van der Waals surface area contributed by atoms with Gasteiger partial charge in [0.1, 0.15) is 0 Å². The minimum absolute atomic E-state index is 0.0475. The van der Waals surface area contributed by atoms with Gasteiger partial charge in [-0.3, -0.25) is 4.79 Å². The number of Topliss-reactive ketones (excluding diaryl/α,β-unsaturated/α-hetero) is 1. The summed E-state index contributed by atoms with van der Waals surface area (Å²) in [6.07, 6.45) is 3.73. The van der Waals surface area contributed by atoms with Crippen molar-refractivity contribution in [2.75, 3.05) is 16.8 Å². The van der Waals surface area contributed by atoms with Gasteiger partial charge in [0.15, 0.2) is 11.6 Å². The zero-order chi connectivity index (χ0) is 17.9. The first-order valence-corrected chi connectivity index (χ1v) is 8.64. The van der Waals surface area contributed by atoms with Crippen molar-refractivity contribution in [3.63, 3.8) is 0 Å². The fourth-order valence-electron chi connectivity index (χ4n) is 3.15. The molecule has 1 aliphatic heterocycles. The lowest BCUT2D eigenvalue weighted by molar-refractivity contribution is 0.101. The summed E-state index contributed by atoms with van der Waals surface area (Å²) in [5.74, 6) is 1.25. The van der Waals surface area contributed by atoms with E-state index in [0.29, 0.717) is 17.3 Å². The summed E-state index contributed by atoms with van der Waals surface area (Å²) in [5.41, 5.74) is 3.98. The minimum atomic E-state index is 0.0475. The van der Waals surface area contributed by atoms with Crippen molar-refractivity contribution < 1.29 is 4.79 Å². The molecule has 2 aromatic carbocycles. The molecule has 0 saturated carbocycles. The second-order valence-electron chi connectivity index (χ2n) is 6.28. The fraction of sp³-hybridized carbons (Fsp3) is 0.200. The second-order valence-corrected chi connectivity index (χ2v) is 6.28. The molecular weight excluding hydrogens is 326 g/mol. The molecule has 0 spiro atoms. The topological polar surface area (TPSA) is 71.0 Å². The summed E-state index contributed by atoms with van der Waals surface area (Å²) in [4.78, 5) is 18.1. The normalized spacial score (nSPS) is 13.2. The number of aryl methyl sites for hydroxylation is 1. The Morgan fingerprint density at radius 3 is 2.73 bits per heavy atom. The average Bonchev–Trinajstić information content (AvgIpc) is 2.68. The van der Waals surface area contributed by atoms with Gasteiger partial charge >= 0.3 is 0 Å². The van der Waals surface area contributed by atoms with E-state index in [9.17, 15) is 4.79 Å². The van der Waals surface area contributed by atoms with Crippen LogP contribution in [-0.2, 0) is 6.42 Å². The average molecular weight is 345 g/mol. The van der Waals surface area contributed by atoms with E-state index < -0.39 is 0 Å². The number of carbonyl (C=O) groups excluding carboxylic acids is 1. The van der Waals surface area contributed by atoms with Crippen molar-refractivity contribution >= 4 is 28.9 Å². The molecule has 26 heavy (non-hydrogen) atoms. The summed E-state index contributed by atoms with van der Waals surface area (Å²) in [6, 6.07) is 15.6. The third-order valence-electron chi connectivity index (χ3n) is 4.46. The molecule has 0 atom stereocenters. The number of carbonyl (C=O) groups is 1. The van der Waals surface area contributed by atoms with Gasteiger partial charge in [-0.1, -0.05) is 18.2 Å². The first-order valence-electron chi connectivity index (χ1n) is 8.64. The summed E-state index contributed by atoms with van der Waals surface area (Å²) in [5, 5.41) is 11.5. The van der Waals surface area contributed by atoms with Gasteiger partial charge in [0.2, 0.25) is 0 Å². The molecule has 6 heteroatoms. The van der Waals surface area contributed by atoms with Crippen LogP contribution in [0.1, 0.15) is 29.3 Å². The van der Waals surface area contributed by atoms with E-state index in [1.54, 1.807) is 25.3 Å². The highest BCUT2D eigenvalue weighted by Gasteiger charge is 2.20. The molecule has 6 nitrogen and oxygen atoms in total. The summed E-state index contributed by atoms with van der Waals surface area (Å²) < 4.78 is 0. The van der Waals surface area contributed by atoms with Crippen LogP contribution >= 0.6 is 0 Å². The van der Waals surface area contributed by atoms with Gasteiger partial charge in [0, 0.05) is 23.5 Å². The number of hydrogen-bond acceptors (Lipinski definition) is 6. The van der Waals surface area contributed by atoms with E-state index in [0.717, 1.165) is 30.8 Å². The predicted molar refractivity (Wildman–Crippen MR) is 101 cm³/mol. The van der Waals surface area contributed by atoms with Gasteiger partial charge in [0.05, 0.1) is 6.20 Å².